The number of carbonyl (C=O) groups is 1. The van der Waals surface area contributed by atoms with Crippen LogP contribution in [-0.4, -0.2) is 84.1 Å². The van der Waals surface area contributed by atoms with Gasteiger partial charge in [0.15, 0.2) is 0 Å². The number of ether oxygens (including phenoxy) is 1. The maximum atomic E-state index is 13.4. The summed E-state index contributed by atoms with van der Waals surface area (Å²) in [5, 5.41) is 0. The maximum absolute atomic E-state index is 13.4. The number of carbonyl (C=O) groups excluding carboxylic acids is 1. The summed E-state index contributed by atoms with van der Waals surface area (Å²) in [4.78, 5) is 25.8. The number of benzene rings is 2. The highest BCUT2D eigenvalue weighted by Gasteiger charge is 2.49. The molecular weight excluding hydrogens is 582 g/mol. The number of nitrogens with zero attached hydrogens (tertiary/aromatic N) is 4. The molecule has 2 aromatic carbocycles. The second kappa shape index (κ2) is 17.2. The van der Waals surface area contributed by atoms with Crippen LogP contribution < -0.4 is 10.5 Å². The lowest BCUT2D eigenvalue weighted by Crippen LogP contribution is -2.49. The minimum absolute atomic E-state index is 0.163. The van der Waals surface area contributed by atoms with Gasteiger partial charge in [-0.1, -0.05) is 79.9 Å². The fourth-order valence-electron chi connectivity index (χ4n) is 8.29. The highest BCUT2D eigenvalue weighted by Crippen LogP contribution is 2.43. The van der Waals surface area contributed by atoms with Crippen molar-refractivity contribution in [2.24, 2.45) is 11.7 Å². The molecule has 0 bridgehead atoms. The Balaban J connectivity index is 1.03. The number of unbranched alkanes of at least 4 members (excludes halogenated alkanes) is 4. The average Bonchev–Trinajstić information content (AvgIpc) is 3.56. The van der Waals surface area contributed by atoms with Gasteiger partial charge >= 0.3 is 0 Å². The van der Waals surface area contributed by atoms with Gasteiger partial charge in [-0.05, 0) is 94.8 Å². The first-order chi connectivity index (χ1) is 22.9. The Morgan fingerprint density at radius 1 is 0.872 bits per heavy atom. The van der Waals surface area contributed by atoms with Gasteiger partial charge in [-0.15, -0.1) is 0 Å². The minimum Gasteiger partial charge on any atom is -0.495 e. The van der Waals surface area contributed by atoms with E-state index in [0.717, 1.165) is 68.3 Å². The number of likely N-dealkylation sites (tertiary alicyclic amines) is 2. The summed E-state index contributed by atoms with van der Waals surface area (Å²) >= 11 is 0. The molecule has 0 aliphatic carbocycles. The summed E-state index contributed by atoms with van der Waals surface area (Å²) in [6, 6.07) is 25.6. The van der Waals surface area contributed by atoms with Crippen molar-refractivity contribution >= 4 is 5.91 Å². The summed E-state index contributed by atoms with van der Waals surface area (Å²) in [6.45, 7) is 12.0. The van der Waals surface area contributed by atoms with E-state index in [9.17, 15) is 4.79 Å². The highest BCUT2D eigenvalue weighted by molar-refractivity contribution is 5.91. The van der Waals surface area contributed by atoms with Crippen LogP contribution in [0.5, 0.6) is 5.75 Å². The molecule has 1 atom stereocenters. The monoisotopic (exact) mass is 639 g/mol. The Morgan fingerprint density at radius 3 is 2.11 bits per heavy atom. The number of piperidine rings is 1. The molecule has 5 rings (SSSR count). The summed E-state index contributed by atoms with van der Waals surface area (Å²) in [5.74, 6) is 0.809. The number of pyridine rings is 1. The van der Waals surface area contributed by atoms with E-state index in [1.807, 2.05) is 54.7 Å². The number of rotatable bonds is 17. The molecule has 2 N–H and O–H groups in total. The molecule has 3 aromatic rings. The Hall–Kier alpha value is -3.26. The number of aromatic nitrogens is 1. The molecule has 254 valence electrons. The lowest BCUT2D eigenvalue weighted by molar-refractivity contribution is -0.123. The fourth-order valence-corrected chi connectivity index (χ4v) is 8.29. The Bertz CT molecular complexity index is 1320. The maximum Gasteiger partial charge on any atom is 0.232 e. The summed E-state index contributed by atoms with van der Waals surface area (Å²) < 4.78 is 5.52. The second-order valence-corrected chi connectivity index (χ2v) is 13.9. The first-order valence-corrected chi connectivity index (χ1v) is 18.0. The number of hydrogen-bond donors (Lipinski definition) is 1. The topological polar surface area (TPSA) is 74.9 Å². The molecule has 2 saturated heterocycles. The number of amides is 1. The van der Waals surface area contributed by atoms with E-state index in [0.29, 0.717) is 12.1 Å². The van der Waals surface area contributed by atoms with Crippen molar-refractivity contribution in [2.75, 3.05) is 46.4 Å². The molecule has 2 aliphatic heterocycles. The summed E-state index contributed by atoms with van der Waals surface area (Å²) in [5.41, 5.74) is 8.55. The van der Waals surface area contributed by atoms with Gasteiger partial charge in [-0.2, -0.15) is 0 Å². The number of nitrogens with two attached hydrogens (primary N) is 1. The molecule has 7 nitrogen and oxygen atoms in total. The predicted octanol–water partition coefficient (Wildman–Crippen LogP) is 6.51. The van der Waals surface area contributed by atoms with Crippen molar-refractivity contribution in [2.45, 2.75) is 89.3 Å². The molecule has 47 heavy (non-hydrogen) atoms. The Morgan fingerprint density at radius 2 is 1.49 bits per heavy atom. The predicted molar refractivity (Wildman–Crippen MR) is 191 cm³/mol. The van der Waals surface area contributed by atoms with E-state index < -0.39 is 5.41 Å². The molecule has 2 fully saturated rings. The van der Waals surface area contributed by atoms with E-state index in [2.05, 4.69) is 57.8 Å². The van der Waals surface area contributed by atoms with Crippen LogP contribution in [0.2, 0.25) is 0 Å². The zero-order chi connectivity index (χ0) is 33.1. The van der Waals surface area contributed by atoms with Crippen molar-refractivity contribution in [1.82, 2.24) is 19.7 Å². The lowest BCUT2D eigenvalue weighted by atomic mass is 9.64. The molecular formula is C40H57N5O2. The van der Waals surface area contributed by atoms with Crippen LogP contribution in [0.3, 0.4) is 0 Å². The van der Waals surface area contributed by atoms with Gasteiger partial charge < -0.3 is 15.4 Å². The molecule has 0 unspecified atom stereocenters. The van der Waals surface area contributed by atoms with E-state index in [4.69, 9.17) is 10.5 Å². The summed E-state index contributed by atoms with van der Waals surface area (Å²) in [6.07, 6.45) is 11.6. The van der Waals surface area contributed by atoms with Crippen LogP contribution in [0.1, 0.15) is 82.0 Å². The third-order valence-electron chi connectivity index (χ3n) is 10.8. The minimum atomic E-state index is -0.803. The van der Waals surface area contributed by atoms with Gasteiger partial charge in [0.1, 0.15) is 11.2 Å². The average molecular weight is 640 g/mol. The van der Waals surface area contributed by atoms with Crippen molar-refractivity contribution in [3.05, 3.63) is 95.8 Å². The third-order valence-corrected chi connectivity index (χ3v) is 10.8. The van der Waals surface area contributed by atoms with Crippen molar-refractivity contribution in [1.29, 1.82) is 0 Å². The first kappa shape index (κ1) is 35.1. The fraction of sp³-hybridized carbons (Fsp3) is 0.550. The van der Waals surface area contributed by atoms with Crippen LogP contribution >= 0.6 is 0 Å². The molecule has 0 saturated carbocycles. The zero-order valence-electron chi connectivity index (χ0n) is 29.0. The molecule has 3 heterocycles. The number of methoxy groups -OCH3 is 1. The van der Waals surface area contributed by atoms with Gasteiger partial charge in [-0.3, -0.25) is 19.6 Å². The van der Waals surface area contributed by atoms with Gasteiger partial charge in [0, 0.05) is 44.5 Å². The number of primary amides is 1. The van der Waals surface area contributed by atoms with Crippen molar-refractivity contribution in [3.8, 4) is 5.75 Å². The Kier molecular flexibility index (Phi) is 12.9. The van der Waals surface area contributed by atoms with Crippen molar-refractivity contribution < 1.29 is 9.53 Å². The first-order valence-electron chi connectivity index (χ1n) is 18.0. The van der Waals surface area contributed by atoms with Crippen LogP contribution in [0, 0.1) is 5.92 Å². The molecule has 1 amide bonds. The molecule has 7 heteroatoms. The smallest absolute Gasteiger partial charge is 0.232 e. The SMILES string of the molecule is COc1cccnc1CN1CCC(N(CCCCCCCN2CC[C@@H](C(C(N)=O)(c3ccccc3)c3ccccc3)C2)C(C)C)CC1. The Labute approximate surface area is 283 Å². The van der Waals surface area contributed by atoms with Crippen LogP contribution in [0.25, 0.3) is 0 Å². The lowest BCUT2D eigenvalue weighted by Gasteiger charge is -2.40. The second-order valence-electron chi connectivity index (χ2n) is 13.9. The standard InChI is InChI=1S/C40H57N5O2/c1-32(2)45(36-22-28-44(29-23-36)31-37-38(47-3)20-15-24-42-37)26-14-6-4-5-13-25-43-27-21-35(30-43)40(39(41)46,33-16-9-7-10-17-33)34-18-11-8-12-19-34/h7-12,15-20,24,32,35-36H,4-6,13-14,21-23,25-31H2,1-3H3,(H2,41,46)/t35-/m1/s1. The van der Waals surface area contributed by atoms with E-state index >= 15 is 0 Å². The normalized spacial score (nSPS) is 18.3. The number of hydrogen-bond acceptors (Lipinski definition) is 6. The van der Waals surface area contributed by atoms with E-state index in [1.54, 1.807) is 7.11 Å². The quantitative estimate of drug-likeness (QED) is 0.170. The molecule has 0 radical (unpaired) electrons. The highest BCUT2D eigenvalue weighted by atomic mass is 16.5. The molecule has 1 aromatic heterocycles. The van der Waals surface area contributed by atoms with Gasteiger partial charge in [0.25, 0.3) is 0 Å². The van der Waals surface area contributed by atoms with Gasteiger partial charge in [0.05, 0.1) is 12.8 Å². The van der Waals surface area contributed by atoms with E-state index in [-0.39, 0.29) is 11.8 Å². The van der Waals surface area contributed by atoms with Crippen LogP contribution in [-0.2, 0) is 16.8 Å². The van der Waals surface area contributed by atoms with Crippen LogP contribution in [0.15, 0.2) is 79.0 Å². The van der Waals surface area contributed by atoms with E-state index in [1.165, 1.54) is 51.5 Å². The summed E-state index contributed by atoms with van der Waals surface area (Å²) in [7, 11) is 1.73. The van der Waals surface area contributed by atoms with Crippen molar-refractivity contribution in [3.63, 3.8) is 0 Å². The van der Waals surface area contributed by atoms with Gasteiger partial charge in [0.2, 0.25) is 5.91 Å². The molecule has 0 spiro atoms. The third kappa shape index (κ3) is 8.62. The van der Waals surface area contributed by atoms with Crippen LogP contribution in [0.4, 0.5) is 0 Å². The van der Waals surface area contributed by atoms with Gasteiger partial charge in [-0.25, -0.2) is 0 Å². The largest absolute Gasteiger partial charge is 0.495 e. The zero-order valence-corrected chi connectivity index (χ0v) is 29.0. The molecule has 2 aliphatic rings.